The van der Waals surface area contributed by atoms with Gasteiger partial charge in [0.25, 0.3) is 5.91 Å². The Morgan fingerprint density at radius 3 is 2.34 bits per heavy atom. The molecule has 58 heavy (non-hydrogen) atoms. The number of fused-ring (bicyclic) bond motifs is 4. The number of likely N-dealkylation sites (N-methyl/N-ethyl adjacent to an activating group) is 1. The van der Waals surface area contributed by atoms with E-state index < -0.39 is 32.4 Å². The highest BCUT2D eigenvalue weighted by Gasteiger charge is 2.45. The Labute approximate surface area is 339 Å². The van der Waals surface area contributed by atoms with Crippen molar-refractivity contribution in [2.45, 2.75) is 74.7 Å². The topological polar surface area (TPSA) is 147 Å². The second-order valence-corrected chi connectivity index (χ2v) is 17.9. The highest BCUT2D eigenvalue weighted by atomic mass is 35.5. The van der Waals surface area contributed by atoms with E-state index in [2.05, 4.69) is 15.3 Å². The molecule has 2 amide bonds. The van der Waals surface area contributed by atoms with Crippen LogP contribution in [0.1, 0.15) is 50.4 Å². The Kier molecular flexibility index (Phi) is 10.4. The zero-order chi connectivity index (χ0) is 41.1. The van der Waals surface area contributed by atoms with Gasteiger partial charge in [0.1, 0.15) is 29.2 Å². The van der Waals surface area contributed by atoms with Crippen molar-refractivity contribution in [3.05, 3.63) is 83.3 Å². The van der Waals surface area contributed by atoms with Crippen LogP contribution in [0.3, 0.4) is 0 Å². The smallest absolute Gasteiger partial charge is 0.410 e. The molecule has 304 valence electrons. The molecular formula is C41H42ClF2N7O6S. The molecule has 1 N–H and O–H groups in total. The first-order chi connectivity index (χ1) is 27.5. The number of benzene rings is 3. The summed E-state index contributed by atoms with van der Waals surface area (Å²) in [5.41, 5.74) is 0.152. The number of nitrogens with one attached hydrogen (secondary N) is 1. The number of carbonyl (C=O) groups is 2. The number of pyridine rings is 1. The lowest BCUT2D eigenvalue weighted by Crippen LogP contribution is -2.57. The maximum absolute atomic E-state index is 17.0. The lowest BCUT2D eigenvalue weighted by molar-refractivity contribution is 0.0122. The number of hydrogen-bond donors (Lipinski definition) is 1. The summed E-state index contributed by atoms with van der Waals surface area (Å²) in [5.74, 6) is -0.656. The fourth-order valence-corrected chi connectivity index (χ4v) is 9.03. The number of ether oxygens (including phenoxy) is 2. The van der Waals surface area contributed by atoms with E-state index in [1.807, 2.05) is 66.8 Å². The molecule has 4 atom stereocenters. The molecule has 3 saturated heterocycles. The molecule has 17 heteroatoms. The summed E-state index contributed by atoms with van der Waals surface area (Å²) >= 11 is 6.64. The standard InChI is InChI=1S/C41H42ClF2N7O6S/c1-41(2,3)57-40(53)51-26-13-14-27(51)21-50(20-26)37-31-18-45-35(30-9-5-7-23-8-6-10-32(42)33(23)30)34(43)36(31)47-39(48-37)56-22-28-17-25(19-49(28)4)46-38(52)24-11-15-29(16-12-24)58(44,54)55/h5-12,15-16,18,25-28H,13-14,17,19-22H2,1-4H3,(H,46,52)/t25-,26?,27?,28+/m1/s1. The SMILES string of the molecule is CN1C[C@H](NC(=O)c2ccc(S(=O)(=O)F)cc2)C[C@H]1COc1nc(N2CC3CCC(C2)N3C(=O)OC(C)(C)C)c2cnc(-c3cccc4cccc(Cl)c34)c(F)c2n1. The Bertz CT molecular complexity index is 2520. The van der Waals surface area contributed by atoms with Gasteiger partial charge in [-0.3, -0.25) is 19.6 Å². The number of amides is 2. The second kappa shape index (κ2) is 15.2. The predicted octanol–water partition coefficient (Wildman–Crippen LogP) is 6.77. The van der Waals surface area contributed by atoms with Crippen LogP contribution in [0.15, 0.2) is 71.8 Å². The maximum atomic E-state index is 17.0. The third-order valence-corrected chi connectivity index (χ3v) is 12.1. The largest absolute Gasteiger partial charge is 0.462 e. The van der Waals surface area contributed by atoms with Gasteiger partial charge in [0.05, 0.1) is 22.4 Å². The number of hydrogen-bond acceptors (Lipinski definition) is 11. The fourth-order valence-electron chi connectivity index (χ4n) is 8.28. The summed E-state index contributed by atoms with van der Waals surface area (Å²) < 4.78 is 64.8. The lowest BCUT2D eigenvalue weighted by atomic mass is 10.0. The lowest BCUT2D eigenvalue weighted by Gasteiger charge is -2.42. The van der Waals surface area contributed by atoms with E-state index in [9.17, 15) is 21.9 Å². The number of rotatable bonds is 8. The molecule has 5 aromatic rings. The van der Waals surface area contributed by atoms with Gasteiger partial charge in [-0.2, -0.15) is 18.4 Å². The van der Waals surface area contributed by atoms with Crippen LogP contribution < -0.4 is 15.0 Å². The molecular weight excluding hydrogens is 792 g/mol. The molecule has 2 aromatic heterocycles. The van der Waals surface area contributed by atoms with Gasteiger partial charge in [-0.05, 0) is 82.8 Å². The normalized spacial score (nSPS) is 21.2. The summed E-state index contributed by atoms with van der Waals surface area (Å²) in [7, 11) is -3.00. The Morgan fingerprint density at radius 1 is 0.983 bits per heavy atom. The van der Waals surface area contributed by atoms with Gasteiger partial charge in [-0.1, -0.05) is 41.9 Å². The van der Waals surface area contributed by atoms with Crippen molar-refractivity contribution in [2.24, 2.45) is 0 Å². The molecule has 3 fully saturated rings. The summed E-state index contributed by atoms with van der Waals surface area (Å²) in [4.78, 5) is 45.7. The van der Waals surface area contributed by atoms with Crippen molar-refractivity contribution < 1.29 is 35.8 Å². The van der Waals surface area contributed by atoms with Crippen molar-refractivity contribution in [1.82, 2.24) is 30.1 Å². The minimum Gasteiger partial charge on any atom is -0.462 e. The number of piperazine rings is 1. The van der Waals surface area contributed by atoms with E-state index in [1.54, 1.807) is 18.3 Å². The minimum absolute atomic E-state index is 0.0208. The number of nitrogens with zero attached hydrogens (tertiary/aromatic N) is 6. The Hall–Kier alpha value is -5.19. The number of likely N-dealkylation sites (tertiary alicyclic amines) is 1. The molecule has 2 bridgehead atoms. The van der Waals surface area contributed by atoms with Crippen molar-refractivity contribution >= 4 is 61.3 Å². The number of carbonyl (C=O) groups excluding carboxylic acids is 2. The second-order valence-electron chi connectivity index (χ2n) is 16.1. The first kappa shape index (κ1) is 39.6. The molecule has 8 rings (SSSR count). The molecule has 0 saturated carbocycles. The van der Waals surface area contributed by atoms with Crippen molar-refractivity contribution in [3.8, 4) is 17.3 Å². The molecule has 0 radical (unpaired) electrons. The van der Waals surface area contributed by atoms with E-state index in [4.69, 9.17) is 26.1 Å². The third-order valence-electron chi connectivity index (χ3n) is 11.0. The van der Waals surface area contributed by atoms with Crippen LogP contribution in [-0.4, -0.2) is 108 Å². The monoisotopic (exact) mass is 833 g/mol. The molecule has 2 unspecified atom stereocenters. The van der Waals surface area contributed by atoms with E-state index in [1.165, 1.54) is 12.1 Å². The summed E-state index contributed by atoms with van der Waals surface area (Å²) in [6, 6.07) is 14.8. The number of anilines is 1. The van der Waals surface area contributed by atoms with Crippen molar-refractivity contribution in [3.63, 3.8) is 0 Å². The van der Waals surface area contributed by atoms with Gasteiger partial charge in [0.15, 0.2) is 5.82 Å². The van der Waals surface area contributed by atoms with Gasteiger partial charge in [0.2, 0.25) is 0 Å². The van der Waals surface area contributed by atoms with Gasteiger partial charge >= 0.3 is 22.3 Å². The average molecular weight is 834 g/mol. The minimum atomic E-state index is -4.89. The molecule has 5 heterocycles. The number of halogens is 3. The van der Waals surface area contributed by atoms with Gasteiger partial charge in [-0.15, -0.1) is 3.89 Å². The molecule has 3 aliphatic heterocycles. The van der Waals surface area contributed by atoms with Crippen LogP contribution in [0.25, 0.3) is 32.9 Å². The van der Waals surface area contributed by atoms with Crippen LogP contribution in [0.4, 0.5) is 18.9 Å². The highest BCUT2D eigenvalue weighted by Crippen LogP contribution is 2.40. The Morgan fingerprint density at radius 2 is 1.67 bits per heavy atom. The molecule has 3 aliphatic rings. The molecule has 0 aliphatic carbocycles. The first-order valence-corrected chi connectivity index (χ1v) is 20.8. The highest BCUT2D eigenvalue weighted by molar-refractivity contribution is 7.86. The summed E-state index contributed by atoms with van der Waals surface area (Å²) in [6.07, 6.45) is 3.28. The van der Waals surface area contributed by atoms with Crippen LogP contribution >= 0.6 is 11.6 Å². The van der Waals surface area contributed by atoms with Gasteiger partial charge < -0.3 is 19.7 Å². The van der Waals surface area contributed by atoms with Crippen molar-refractivity contribution in [2.75, 3.05) is 38.2 Å². The van der Waals surface area contributed by atoms with Gasteiger partial charge in [-0.25, -0.2) is 9.18 Å². The zero-order valence-electron chi connectivity index (χ0n) is 32.3. The number of aromatic nitrogens is 3. The zero-order valence-corrected chi connectivity index (χ0v) is 33.9. The van der Waals surface area contributed by atoms with E-state index in [-0.39, 0.29) is 59.7 Å². The van der Waals surface area contributed by atoms with Crippen molar-refractivity contribution in [1.29, 1.82) is 0 Å². The molecule has 3 aromatic carbocycles. The first-order valence-electron chi connectivity index (χ1n) is 19.0. The van der Waals surface area contributed by atoms with Crippen LogP contribution in [-0.2, 0) is 15.0 Å². The summed E-state index contributed by atoms with van der Waals surface area (Å²) in [6.45, 7) is 6.99. The van der Waals surface area contributed by atoms with Crippen LogP contribution in [0.5, 0.6) is 6.01 Å². The quantitative estimate of drug-likeness (QED) is 0.165. The van der Waals surface area contributed by atoms with E-state index >= 15 is 4.39 Å². The van der Waals surface area contributed by atoms with Crippen LogP contribution in [0.2, 0.25) is 5.02 Å². The van der Waals surface area contributed by atoms with E-state index in [0.29, 0.717) is 53.2 Å². The van der Waals surface area contributed by atoms with E-state index in [0.717, 1.165) is 30.4 Å². The molecule has 13 nitrogen and oxygen atoms in total. The third kappa shape index (κ3) is 7.84. The Balaban J connectivity index is 1.08. The summed E-state index contributed by atoms with van der Waals surface area (Å²) in [5, 5.41) is 5.29. The van der Waals surface area contributed by atoms with Gasteiger partial charge in [0, 0.05) is 59.5 Å². The van der Waals surface area contributed by atoms with Crippen LogP contribution in [0, 0.1) is 5.82 Å². The predicted molar refractivity (Wildman–Crippen MR) is 215 cm³/mol. The average Bonchev–Trinajstić information content (AvgIpc) is 3.66. The molecule has 0 spiro atoms. The maximum Gasteiger partial charge on any atom is 0.410 e. The fraction of sp³-hybridized carbons (Fsp3) is 0.390.